The second-order valence-corrected chi connectivity index (χ2v) is 8.31. The van der Waals surface area contributed by atoms with Crippen molar-refractivity contribution >= 4 is 17.7 Å². The summed E-state index contributed by atoms with van der Waals surface area (Å²) in [7, 11) is 0. The quantitative estimate of drug-likeness (QED) is 0.672. The molecule has 0 bridgehead atoms. The molecular formula is C22H27F3N6O3. The van der Waals surface area contributed by atoms with Gasteiger partial charge in [0.15, 0.2) is 6.67 Å². The Bertz CT molecular complexity index is 1030. The van der Waals surface area contributed by atoms with Crippen molar-refractivity contribution in [3.8, 4) is 17.1 Å². The molecule has 9 nitrogen and oxygen atoms in total. The smallest absolute Gasteiger partial charge is 0.301 e. The van der Waals surface area contributed by atoms with Gasteiger partial charge in [-0.1, -0.05) is 0 Å². The lowest BCUT2D eigenvalue weighted by Crippen LogP contribution is -2.41. The van der Waals surface area contributed by atoms with Crippen LogP contribution in [0.4, 0.5) is 24.9 Å². The minimum atomic E-state index is -3.77. The number of nitrogens with two attached hydrogens (primary N) is 1. The van der Waals surface area contributed by atoms with E-state index < -0.39 is 18.2 Å². The van der Waals surface area contributed by atoms with Crippen molar-refractivity contribution in [1.29, 1.82) is 0 Å². The first-order valence-corrected chi connectivity index (χ1v) is 11.1. The van der Waals surface area contributed by atoms with E-state index >= 15 is 0 Å². The van der Waals surface area contributed by atoms with Gasteiger partial charge in [-0.25, -0.2) is 14.4 Å². The van der Waals surface area contributed by atoms with E-state index in [0.717, 1.165) is 12.3 Å². The van der Waals surface area contributed by atoms with Crippen molar-refractivity contribution in [3.05, 3.63) is 23.9 Å². The molecule has 0 saturated carbocycles. The first-order valence-electron chi connectivity index (χ1n) is 11.1. The predicted octanol–water partition coefficient (Wildman–Crippen LogP) is 2.41. The van der Waals surface area contributed by atoms with Crippen molar-refractivity contribution in [2.24, 2.45) is 0 Å². The Hall–Kier alpha value is -3.15. The number of rotatable bonds is 6. The highest BCUT2D eigenvalue weighted by Crippen LogP contribution is 2.37. The summed E-state index contributed by atoms with van der Waals surface area (Å²) in [6.07, 6.45) is 2.18. The number of hydrogen-bond acceptors (Lipinski definition) is 8. The van der Waals surface area contributed by atoms with Crippen molar-refractivity contribution in [1.82, 2.24) is 19.9 Å². The topological polar surface area (TPSA) is 107 Å². The number of piperidine rings is 1. The van der Waals surface area contributed by atoms with Crippen LogP contribution in [0.2, 0.25) is 0 Å². The van der Waals surface area contributed by atoms with Crippen LogP contribution in [0.15, 0.2) is 18.3 Å². The number of hydrogen-bond donors (Lipinski definition) is 1. The number of nitrogen functional groups attached to an aromatic ring is 1. The van der Waals surface area contributed by atoms with Crippen LogP contribution in [0.5, 0.6) is 5.88 Å². The van der Waals surface area contributed by atoms with Crippen LogP contribution in [0.3, 0.4) is 0 Å². The number of carbonyl (C=O) groups excluding carboxylic acids is 1. The molecule has 2 N–H and O–H groups in total. The van der Waals surface area contributed by atoms with Gasteiger partial charge in [0.25, 0.3) is 0 Å². The lowest BCUT2D eigenvalue weighted by atomic mass is 10.0. The van der Waals surface area contributed by atoms with Crippen LogP contribution < -0.4 is 15.4 Å². The molecule has 34 heavy (non-hydrogen) atoms. The fourth-order valence-corrected chi connectivity index (χ4v) is 4.03. The maximum atomic E-state index is 14.4. The predicted molar refractivity (Wildman–Crippen MR) is 118 cm³/mol. The summed E-state index contributed by atoms with van der Waals surface area (Å²) in [5, 5.41) is 0. The Morgan fingerprint density at radius 3 is 2.56 bits per heavy atom. The Morgan fingerprint density at radius 1 is 1.21 bits per heavy atom. The SMILES string of the molecule is CC(=O)N1CCC(Oc2cc(-c3cnc(N)cc3C(F)(F)CF)nc(N3CCOCC3)n2)CC1. The summed E-state index contributed by atoms with van der Waals surface area (Å²) in [5.74, 6) is -3.41. The normalized spacial score (nSPS) is 17.6. The molecule has 0 radical (unpaired) electrons. The highest BCUT2D eigenvalue weighted by Gasteiger charge is 2.36. The molecule has 4 rings (SSSR count). The highest BCUT2D eigenvalue weighted by atomic mass is 19.3. The summed E-state index contributed by atoms with van der Waals surface area (Å²) in [4.78, 5) is 28.1. The second-order valence-electron chi connectivity index (χ2n) is 8.31. The highest BCUT2D eigenvalue weighted by molar-refractivity contribution is 5.73. The van der Waals surface area contributed by atoms with E-state index in [1.807, 2.05) is 4.90 Å². The molecule has 2 fully saturated rings. The van der Waals surface area contributed by atoms with Crippen LogP contribution in [-0.2, 0) is 15.5 Å². The number of aromatic nitrogens is 3. The number of likely N-dealkylation sites (tertiary alicyclic amines) is 1. The third-order valence-corrected chi connectivity index (χ3v) is 5.92. The maximum Gasteiger partial charge on any atom is 0.301 e. The van der Waals surface area contributed by atoms with Crippen LogP contribution in [0.25, 0.3) is 11.3 Å². The van der Waals surface area contributed by atoms with Gasteiger partial charge in [-0.15, -0.1) is 0 Å². The minimum Gasteiger partial charge on any atom is -0.474 e. The number of nitrogens with zero attached hydrogens (tertiary/aromatic N) is 5. The number of halogens is 3. The number of amides is 1. The van der Waals surface area contributed by atoms with Crippen LogP contribution in [0.1, 0.15) is 25.3 Å². The fourth-order valence-electron chi connectivity index (χ4n) is 4.03. The molecule has 0 aromatic carbocycles. The van der Waals surface area contributed by atoms with Gasteiger partial charge in [0, 0.05) is 69.3 Å². The molecule has 0 unspecified atom stereocenters. The van der Waals surface area contributed by atoms with Gasteiger partial charge in [-0.2, -0.15) is 13.8 Å². The Kier molecular flexibility index (Phi) is 7.05. The van der Waals surface area contributed by atoms with Gasteiger partial charge < -0.3 is 25.0 Å². The molecular weight excluding hydrogens is 453 g/mol. The molecule has 2 aliphatic rings. The summed E-state index contributed by atoms with van der Waals surface area (Å²) in [6.45, 7) is 2.75. The zero-order valence-electron chi connectivity index (χ0n) is 18.8. The molecule has 12 heteroatoms. The van der Waals surface area contributed by atoms with Gasteiger partial charge in [0.2, 0.25) is 17.7 Å². The van der Waals surface area contributed by atoms with Gasteiger partial charge in [0.05, 0.1) is 18.9 Å². The molecule has 0 aliphatic carbocycles. The maximum absolute atomic E-state index is 14.4. The standard InChI is InChI=1S/C22H27F3N6O3/c1-14(32)30-4-2-15(3-5-30)34-20-11-18(28-21(29-20)31-6-8-33-9-7-31)16-12-27-19(26)10-17(16)22(24,25)13-23/h10-12,15H,2-9,13H2,1H3,(H2,26,27). The van der Waals surface area contributed by atoms with E-state index in [2.05, 4.69) is 15.0 Å². The lowest BCUT2D eigenvalue weighted by Gasteiger charge is -2.32. The molecule has 0 spiro atoms. The van der Waals surface area contributed by atoms with Gasteiger partial charge in [-0.3, -0.25) is 4.79 Å². The molecule has 2 aliphatic heterocycles. The van der Waals surface area contributed by atoms with Gasteiger partial charge in [0.1, 0.15) is 11.9 Å². The molecule has 2 aromatic heterocycles. The van der Waals surface area contributed by atoms with Crippen molar-refractivity contribution in [3.63, 3.8) is 0 Å². The van der Waals surface area contributed by atoms with Gasteiger partial charge >= 0.3 is 5.92 Å². The van der Waals surface area contributed by atoms with Crippen LogP contribution in [-0.4, -0.2) is 77.9 Å². The van der Waals surface area contributed by atoms with E-state index in [0.29, 0.717) is 58.2 Å². The zero-order chi connectivity index (χ0) is 24.3. The summed E-state index contributed by atoms with van der Waals surface area (Å²) >= 11 is 0. The zero-order valence-corrected chi connectivity index (χ0v) is 18.8. The Balaban J connectivity index is 1.70. The molecule has 4 heterocycles. The molecule has 2 saturated heterocycles. The average molecular weight is 480 g/mol. The molecule has 2 aromatic rings. The lowest BCUT2D eigenvalue weighted by molar-refractivity contribution is -0.130. The summed E-state index contributed by atoms with van der Waals surface area (Å²) in [5.41, 5.74) is 5.09. The Labute approximate surface area is 195 Å². The molecule has 184 valence electrons. The molecule has 1 amide bonds. The van der Waals surface area contributed by atoms with Crippen molar-refractivity contribution in [2.75, 3.05) is 56.7 Å². The third kappa shape index (κ3) is 5.32. The van der Waals surface area contributed by atoms with Crippen molar-refractivity contribution < 1.29 is 27.4 Å². The van der Waals surface area contributed by atoms with E-state index in [1.54, 1.807) is 4.90 Å². The number of alkyl halides is 3. The van der Waals surface area contributed by atoms with E-state index in [-0.39, 0.29) is 35.0 Å². The molecule has 0 atom stereocenters. The minimum absolute atomic E-state index is 0.00884. The van der Waals surface area contributed by atoms with Crippen LogP contribution >= 0.6 is 0 Å². The van der Waals surface area contributed by atoms with Crippen LogP contribution in [0, 0.1) is 0 Å². The van der Waals surface area contributed by atoms with Gasteiger partial charge in [-0.05, 0) is 6.07 Å². The van der Waals surface area contributed by atoms with E-state index in [1.165, 1.54) is 13.0 Å². The fraction of sp³-hybridized carbons (Fsp3) is 0.545. The first-order chi connectivity index (χ1) is 16.3. The van der Waals surface area contributed by atoms with Crippen molar-refractivity contribution in [2.45, 2.75) is 31.8 Å². The number of anilines is 2. The second kappa shape index (κ2) is 10.00. The number of carbonyl (C=O) groups is 1. The van der Waals surface area contributed by atoms with E-state index in [4.69, 9.17) is 15.2 Å². The monoisotopic (exact) mass is 480 g/mol. The summed E-state index contributed by atoms with van der Waals surface area (Å²) in [6, 6.07) is 2.41. The largest absolute Gasteiger partial charge is 0.474 e. The summed E-state index contributed by atoms with van der Waals surface area (Å²) < 4.78 is 53.6. The Morgan fingerprint density at radius 2 is 1.91 bits per heavy atom. The number of morpholine rings is 1. The average Bonchev–Trinajstić information content (AvgIpc) is 2.84. The number of ether oxygens (including phenoxy) is 2. The first kappa shape index (κ1) is 24.0. The van der Waals surface area contributed by atoms with E-state index in [9.17, 15) is 18.0 Å². The third-order valence-electron chi connectivity index (χ3n) is 5.92. The number of pyridine rings is 1.